The van der Waals surface area contributed by atoms with E-state index >= 15 is 0 Å². The van der Waals surface area contributed by atoms with E-state index in [4.69, 9.17) is 4.74 Å². The zero-order valence-corrected chi connectivity index (χ0v) is 12.6. The highest BCUT2D eigenvalue weighted by Gasteiger charge is 2.42. The molecule has 0 radical (unpaired) electrons. The van der Waals surface area contributed by atoms with E-state index in [2.05, 4.69) is 30.0 Å². The molecule has 1 aromatic rings. The molecule has 1 saturated heterocycles. The lowest BCUT2D eigenvalue weighted by Gasteiger charge is -2.49. The molecule has 108 valence electrons. The van der Waals surface area contributed by atoms with Crippen molar-refractivity contribution in [2.24, 2.45) is 11.8 Å². The normalized spacial score (nSPS) is 32.8. The number of ether oxygens (including phenoxy) is 1. The molecule has 1 aliphatic heterocycles. The van der Waals surface area contributed by atoms with Crippen LogP contribution in [-0.2, 0) is 6.42 Å². The van der Waals surface area contributed by atoms with Crippen LogP contribution in [0.25, 0.3) is 0 Å². The minimum Gasteiger partial charge on any atom is -0.497 e. The van der Waals surface area contributed by atoms with E-state index in [1.165, 1.54) is 38.8 Å². The van der Waals surface area contributed by atoms with Crippen molar-refractivity contribution < 1.29 is 4.74 Å². The number of benzene rings is 1. The van der Waals surface area contributed by atoms with Crippen LogP contribution in [0.5, 0.6) is 5.75 Å². The lowest BCUT2D eigenvalue weighted by atomic mass is 9.68. The maximum Gasteiger partial charge on any atom is 0.119 e. The molecule has 0 aromatic heterocycles. The lowest BCUT2D eigenvalue weighted by Crippen LogP contribution is -2.51. The molecule has 4 rings (SSSR count). The number of fused-ring (bicyclic) bond motifs is 4. The van der Waals surface area contributed by atoms with Crippen molar-refractivity contribution in [3.63, 3.8) is 0 Å². The first-order chi connectivity index (χ1) is 9.76. The van der Waals surface area contributed by atoms with Gasteiger partial charge in [-0.05, 0) is 73.2 Å². The second kappa shape index (κ2) is 4.77. The fraction of sp³-hybridized carbons (Fsp3) is 0.667. The van der Waals surface area contributed by atoms with Crippen LogP contribution in [0.3, 0.4) is 0 Å². The Kier molecular flexibility index (Phi) is 3.03. The van der Waals surface area contributed by atoms with Crippen molar-refractivity contribution in [2.45, 2.75) is 44.6 Å². The van der Waals surface area contributed by atoms with Crippen LogP contribution in [0.4, 0.5) is 0 Å². The first-order valence-corrected chi connectivity index (χ1v) is 8.17. The highest BCUT2D eigenvalue weighted by Crippen LogP contribution is 2.45. The predicted molar refractivity (Wildman–Crippen MR) is 81.3 cm³/mol. The number of rotatable bonds is 3. The summed E-state index contributed by atoms with van der Waals surface area (Å²) >= 11 is 0. The summed E-state index contributed by atoms with van der Waals surface area (Å²) in [4.78, 5) is 2.80. The number of methoxy groups -OCH3 is 1. The van der Waals surface area contributed by atoms with Crippen LogP contribution in [0.1, 0.15) is 43.2 Å². The van der Waals surface area contributed by atoms with Crippen molar-refractivity contribution in [2.75, 3.05) is 20.2 Å². The van der Waals surface area contributed by atoms with Crippen LogP contribution in [-0.4, -0.2) is 31.1 Å². The summed E-state index contributed by atoms with van der Waals surface area (Å²) in [5.41, 5.74) is 3.14. The molecule has 0 spiro atoms. The molecule has 1 aromatic carbocycles. The van der Waals surface area contributed by atoms with Crippen LogP contribution >= 0.6 is 0 Å². The maximum atomic E-state index is 5.42. The zero-order valence-electron chi connectivity index (χ0n) is 12.6. The van der Waals surface area contributed by atoms with Gasteiger partial charge in [-0.25, -0.2) is 0 Å². The molecule has 20 heavy (non-hydrogen) atoms. The van der Waals surface area contributed by atoms with Gasteiger partial charge in [0, 0.05) is 12.6 Å². The summed E-state index contributed by atoms with van der Waals surface area (Å²) in [6.45, 7) is 5.12. The van der Waals surface area contributed by atoms with Gasteiger partial charge in [0.05, 0.1) is 7.11 Å². The van der Waals surface area contributed by atoms with Gasteiger partial charge in [-0.3, -0.25) is 4.90 Å². The fourth-order valence-electron chi connectivity index (χ4n) is 4.40. The van der Waals surface area contributed by atoms with Gasteiger partial charge in [0.1, 0.15) is 5.75 Å². The Morgan fingerprint density at radius 3 is 2.85 bits per heavy atom. The van der Waals surface area contributed by atoms with Crippen LogP contribution in [0, 0.1) is 11.8 Å². The minimum absolute atomic E-state index is 0.745. The Morgan fingerprint density at radius 1 is 1.25 bits per heavy atom. The van der Waals surface area contributed by atoms with Gasteiger partial charge in [0.2, 0.25) is 0 Å². The van der Waals surface area contributed by atoms with E-state index in [1.807, 2.05) is 0 Å². The van der Waals surface area contributed by atoms with Crippen LogP contribution in [0.2, 0.25) is 0 Å². The summed E-state index contributed by atoms with van der Waals surface area (Å²) < 4.78 is 5.42. The van der Waals surface area contributed by atoms with E-state index in [0.717, 1.165) is 29.5 Å². The summed E-state index contributed by atoms with van der Waals surface area (Å²) in [7, 11) is 1.77. The molecule has 1 heterocycles. The smallest absolute Gasteiger partial charge is 0.119 e. The van der Waals surface area contributed by atoms with Gasteiger partial charge in [-0.15, -0.1) is 0 Å². The monoisotopic (exact) mass is 271 g/mol. The van der Waals surface area contributed by atoms with E-state index < -0.39 is 0 Å². The van der Waals surface area contributed by atoms with E-state index in [0.29, 0.717) is 0 Å². The standard InChI is InChI=1S/C18H25NO/c1-12-16-7-8-19(11-13-3-4-13)18(12)9-14-5-6-15(20-2)10-17(14)16/h5-6,10,12-13,16,18H,3-4,7-9,11H2,1-2H3/t12-,16+,18?/m1/s1. The molecule has 1 saturated carbocycles. The third-order valence-electron chi connectivity index (χ3n) is 5.81. The first-order valence-electron chi connectivity index (χ1n) is 8.17. The number of hydrogen-bond acceptors (Lipinski definition) is 2. The average Bonchev–Trinajstić information content (AvgIpc) is 3.26. The van der Waals surface area contributed by atoms with E-state index in [1.54, 1.807) is 18.2 Å². The van der Waals surface area contributed by atoms with Gasteiger partial charge in [-0.2, -0.15) is 0 Å². The molecular weight excluding hydrogens is 246 g/mol. The van der Waals surface area contributed by atoms with E-state index in [9.17, 15) is 0 Å². The van der Waals surface area contributed by atoms with E-state index in [-0.39, 0.29) is 0 Å². The molecule has 2 bridgehead atoms. The van der Waals surface area contributed by atoms with Crippen molar-refractivity contribution in [1.82, 2.24) is 4.90 Å². The number of hydrogen-bond donors (Lipinski definition) is 0. The molecule has 2 fully saturated rings. The highest BCUT2D eigenvalue weighted by molar-refractivity contribution is 5.41. The minimum atomic E-state index is 0.745. The van der Waals surface area contributed by atoms with Gasteiger partial charge < -0.3 is 4.74 Å². The molecule has 2 nitrogen and oxygen atoms in total. The highest BCUT2D eigenvalue weighted by atomic mass is 16.5. The molecule has 2 heteroatoms. The lowest BCUT2D eigenvalue weighted by molar-refractivity contribution is 0.0698. The Bertz CT molecular complexity index is 508. The molecule has 2 aliphatic carbocycles. The summed E-state index contributed by atoms with van der Waals surface area (Å²) in [6, 6.07) is 7.51. The molecule has 3 atom stereocenters. The fourth-order valence-corrected chi connectivity index (χ4v) is 4.40. The van der Waals surface area contributed by atoms with Crippen molar-refractivity contribution >= 4 is 0 Å². The van der Waals surface area contributed by atoms with Crippen LogP contribution in [0.15, 0.2) is 18.2 Å². The Labute approximate surface area is 122 Å². The zero-order chi connectivity index (χ0) is 13.7. The predicted octanol–water partition coefficient (Wildman–Crippen LogP) is 3.46. The van der Waals surface area contributed by atoms with Gasteiger partial charge in [0.25, 0.3) is 0 Å². The largest absolute Gasteiger partial charge is 0.497 e. The van der Waals surface area contributed by atoms with Crippen LogP contribution < -0.4 is 4.74 Å². The second-order valence-corrected chi connectivity index (χ2v) is 7.03. The SMILES string of the molecule is COc1ccc2c(c1)[C@H]1CCN(CC3CC3)C(C2)[C@@H]1C. The second-order valence-electron chi connectivity index (χ2n) is 7.03. The third-order valence-corrected chi connectivity index (χ3v) is 5.81. The topological polar surface area (TPSA) is 12.5 Å². The number of piperidine rings is 1. The Morgan fingerprint density at radius 2 is 2.10 bits per heavy atom. The molecular formula is C18H25NO. The first kappa shape index (κ1) is 12.7. The van der Waals surface area contributed by atoms with Gasteiger partial charge in [-0.1, -0.05) is 13.0 Å². The summed E-state index contributed by atoms with van der Waals surface area (Å²) in [5, 5.41) is 0. The number of nitrogens with zero attached hydrogens (tertiary/aromatic N) is 1. The Hall–Kier alpha value is -1.02. The van der Waals surface area contributed by atoms with Crippen molar-refractivity contribution in [1.29, 1.82) is 0 Å². The third kappa shape index (κ3) is 2.05. The maximum absolute atomic E-state index is 5.42. The molecule has 0 amide bonds. The van der Waals surface area contributed by atoms with Gasteiger partial charge in [0.15, 0.2) is 0 Å². The summed E-state index contributed by atoms with van der Waals surface area (Å²) in [5.74, 6) is 3.57. The quantitative estimate of drug-likeness (QED) is 0.835. The van der Waals surface area contributed by atoms with Crippen molar-refractivity contribution in [3.8, 4) is 5.75 Å². The van der Waals surface area contributed by atoms with Gasteiger partial charge >= 0.3 is 0 Å². The van der Waals surface area contributed by atoms with Crippen molar-refractivity contribution in [3.05, 3.63) is 29.3 Å². The molecule has 1 unspecified atom stereocenters. The average molecular weight is 271 g/mol. The summed E-state index contributed by atoms with van der Waals surface area (Å²) in [6.07, 6.45) is 5.50. The number of likely N-dealkylation sites (tertiary alicyclic amines) is 1. The molecule has 3 aliphatic rings. The molecule has 0 N–H and O–H groups in total. The Balaban J connectivity index is 1.64.